The molecule has 0 spiro atoms. The van der Waals surface area contributed by atoms with Gasteiger partial charge in [0, 0.05) is 30.6 Å². The molecule has 1 atom stereocenters. The third kappa shape index (κ3) is 2.99. The Labute approximate surface area is 123 Å². The first-order chi connectivity index (χ1) is 10.4. The molecule has 106 valence electrons. The lowest BCUT2D eigenvalue weighted by Gasteiger charge is -2.19. The predicted octanol–water partition coefficient (Wildman–Crippen LogP) is 3.19. The molecule has 1 aromatic carbocycles. The molecule has 0 radical (unpaired) electrons. The van der Waals surface area contributed by atoms with Gasteiger partial charge in [0.2, 0.25) is 0 Å². The summed E-state index contributed by atoms with van der Waals surface area (Å²) in [6.45, 7) is 0.505. The maximum Gasteiger partial charge on any atom is 0.293 e. The van der Waals surface area contributed by atoms with Gasteiger partial charge < -0.3 is 4.74 Å². The van der Waals surface area contributed by atoms with E-state index < -0.39 is 0 Å². The van der Waals surface area contributed by atoms with Crippen LogP contribution in [0.3, 0.4) is 0 Å². The Balaban J connectivity index is 1.90. The van der Waals surface area contributed by atoms with E-state index >= 15 is 0 Å². The van der Waals surface area contributed by atoms with E-state index in [1.807, 2.05) is 30.5 Å². The molecule has 2 aromatic rings. The highest BCUT2D eigenvalue weighted by Crippen LogP contribution is 2.30. The normalized spacial score (nSPS) is 14.3. The number of carbonyl (C=O) groups excluding carboxylic acids is 1. The molecule has 1 aliphatic heterocycles. The molecule has 1 aliphatic rings. The summed E-state index contributed by atoms with van der Waals surface area (Å²) in [5.41, 5.74) is 4.36. The average Bonchev–Trinajstić information content (AvgIpc) is 2.55. The molecule has 21 heavy (non-hydrogen) atoms. The molecule has 0 saturated heterocycles. The van der Waals surface area contributed by atoms with Crippen molar-refractivity contribution in [3.8, 4) is 0 Å². The van der Waals surface area contributed by atoms with Crippen LogP contribution in [0, 0.1) is 0 Å². The topological polar surface area (TPSA) is 51.5 Å². The van der Waals surface area contributed by atoms with Crippen LogP contribution in [0.2, 0.25) is 0 Å². The lowest BCUT2D eigenvalue weighted by atomic mass is 9.93. The second kappa shape index (κ2) is 6.31. The number of fused-ring (bicyclic) bond motifs is 1. The molecular weight excluding hydrogens is 264 g/mol. The molecule has 0 aliphatic carbocycles. The van der Waals surface area contributed by atoms with E-state index in [4.69, 9.17) is 4.74 Å². The van der Waals surface area contributed by atoms with Gasteiger partial charge in [0.05, 0.1) is 5.69 Å². The van der Waals surface area contributed by atoms with Crippen molar-refractivity contribution in [3.63, 3.8) is 0 Å². The van der Waals surface area contributed by atoms with Crippen LogP contribution in [-0.2, 0) is 22.4 Å². The number of aliphatic imine (C=N–C) groups is 1. The Morgan fingerprint density at radius 3 is 3.05 bits per heavy atom. The number of carbonyl (C=O) groups is 1. The molecule has 0 bridgehead atoms. The molecule has 0 N–H and O–H groups in total. The maximum absolute atomic E-state index is 10.8. The Morgan fingerprint density at radius 1 is 1.29 bits per heavy atom. The van der Waals surface area contributed by atoms with Crippen LogP contribution in [0.4, 0.5) is 5.69 Å². The zero-order chi connectivity index (χ0) is 14.5. The van der Waals surface area contributed by atoms with E-state index in [2.05, 4.69) is 16.0 Å². The first-order valence-electron chi connectivity index (χ1n) is 7.01. The number of hydrogen-bond donors (Lipinski definition) is 0. The van der Waals surface area contributed by atoms with Gasteiger partial charge in [-0.1, -0.05) is 18.2 Å². The number of ether oxygens (including phenoxy) is 1. The molecule has 0 amide bonds. The zero-order valence-corrected chi connectivity index (χ0v) is 11.6. The summed E-state index contributed by atoms with van der Waals surface area (Å²) >= 11 is 0. The van der Waals surface area contributed by atoms with Crippen LogP contribution in [0.25, 0.3) is 0 Å². The van der Waals surface area contributed by atoms with E-state index in [1.54, 1.807) is 12.4 Å². The van der Waals surface area contributed by atoms with E-state index in [9.17, 15) is 4.79 Å². The van der Waals surface area contributed by atoms with Crippen LogP contribution < -0.4 is 0 Å². The molecule has 1 aromatic heterocycles. The van der Waals surface area contributed by atoms with Crippen LogP contribution in [0.5, 0.6) is 0 Å². The third-order valence-electron chi connectivity index (χ3n) is 3.68. The zero-order valence-electron chi connectivity index (χ0n) is 11.6. The van der Waals surface area contributed by atoms with Crippen molar-refractivity contribution < 1.29 is 9.53 Å². The molecule has 0 saturated carbocycles. The number of aromatic nitrogens is 1. The number of hydrogen-bond acceptors (Lipinski definition) is 4. The summed E-state index contributed by atoms with van der Waals surface area (Å²) in [6.07, 6.45) is 7.66. The SMILES string of the molecule is O=COC(Cc1cccc2c1CCC=N2)c1cccnc1. The first-order valence-corrected chi connectivity index (χ1v) is 7.01. The molecule has 3 rings (SSSR count). The van der Waals surface area contributed by atoms with Crippen molar-refractivity contribution >= 4 is 18.4 Å². The molecular formula is C17H16N2O2. The van der Waals surface area contributed by atoms with Gasteiger partial charge in [0.25, 0.3) is 6.47 Å². The van der Waals surface area contributed by atoms with Crippen molar-refractivity contribution in [1.82, 2.24) is 4.98 Å². The van der Waals surface area contributed by atoms with Crippen molar-refractivity contribution in [2.75, 3.05) is 0 Å². The molecule has 4 heteroatoms. The summed E-state index contributed by atoms with van der Waals surface area (Å²) in [7, 11) is 0. The van der Waals surface area contributed by atoms with Gasteiger partial charge in [-0.2, -0.15) is 0 Å². The van der Waals surface area contributed by atoms with Crippen LogP contribution >= 0.6 is 0 Å². The van der Waals surface area contributed by atoms with Gasteiger partial charge in [0.15, 0.2) is 0 Å². The van der Waals surface area contributed by atoms with E-state index in [-0.39, 0.29) is 6.10 Å². The second-order valence-corrected chi connectivity index (χ2v) is 4.98. The molecule has 2 heterocycles. The van der Waals surface area contributed by atoms with Crippen molar-refractivity contribution in [2.45, 2.75) is 25.4 Å². The fourth-order valence-electron chi connectivity index (χ4n) is 2.67. The van der Waals surface area contributed by atoms with Gasteiger partial charge >= 0.3 is 0 Å². The Hall–Kier alpha value is -2.49. The Kier molecular flexibility index (Phi) is 4.05. The molecule has 1 unspecified atom stereocenters. The van der Waals surface area contributed by atoms with Crippen LogP contribution in [0.1, 0.15) is 29.2 Å². The van der Waals surface area contributed by atoms with Crippen LogP contribution in [0.15, 0.2) is 47.7 Å². The van der Waals surface area contributed by atoms with Crippen molar-refractivity contribution in [1.29, 1.82) is 0 Å². The van der Waals surface area contributed by atoms with Gasteiger partial charge in [0.1, 0.15) is 6.10 Å². The van der Waals surface area contributed by atoms with E-state index in [1.165, 1.54) is 11.1 Å². The standard InChI is InChI=1S/C17H16N2O2/c20-12-21-17(14-5-2-8-18-11-14)10-13-4-1-7-16-15(13)6-3-9-19-16/h1-2,4-5,7-9,11-12,17H,3,6,10H2. The number of nitrogens with zero attached hydrogens (tertiary/aromatic N) is 2. The van der Waals surface area contributed by atoms with Gasteiger partial charge in [-0.3, -0.25) is 14.8 Å². The summed E-state index contributed by atoms with van der Waals surface area (Å²) in [5, 5.41) is 0. The van der Waals surface area contributed by atoms with Gasteiger partial charge in [-0.05, 0) is 36.1 Å². The quantitative estimate of drug-likeness (QED) is 0.790. The smallest absolute Gasteiger partial charge is 0.293 e. The summed E-state index contributed by atoms with van der Waals surface area (Å²) < 4.78 is 5.26. The molecule has 4 nitrogen and oxygen atoms in total. The number of pyridine rings is 1. The highest BCUT2D eigenvalue weighted by molar-refractivity contribution is 5.69. The lowest BCUT2D eigenvalue weighted by molar-refractivity contribution is -0.133. The Morgan fingerprint density at radius 2 is 2.24 bits per heavy atom. The predicted molar refractivity (Wildman–Crippen MR) is 80.7 cm³/mol. The minimum Gasteiger partial charge on any atom is -0.459 e. The van der Waals surface area contributed by atoms with Gasteiger partial charge in [-0.25, -0.2) is 0 Å². The van der Waals surface area contributed by atoms with Crippen molar-refractivity contribution in [3.05, 3.63) is 59.4 Å². The number of rotatable bonds is 5. The van der Waals surface area contributed by atoms with E-state index in [0.29, 0.717) is 12.9 Å². The lowest BCUT2D eigenvalue weighted by Crippen LogP contribution is -2.10. The highest BCUT2D eigenvalue weighted by Gasteiger charge is 2.18. The van der Waals surface area contributed by atoms with E-state index in [0.717, 1.165) is 24.1 Å². The summed E-state index contributed by atoms with van der Waals surface area (Å²) in [6, 6.07) is 9.87. The summed E-state index contributed by atoms with van der Waals surface area (Å²) in [5.74, 6) is 0. The highest BCUT2D eigenvalue weighted by atomic mass is 16.5. The second-order valence-electron chi connectivity index (χ2n) is 4.98. The average molecular weight is 280 g/mol. The minimum atomic E-state index is -0.311. The maximum atomic E-state index is 10.8. The first kappa shape index (κ1) is 13.5. The Bertz CT molecular complexity index is 653. The third-order valence-corrected chi connectivity index (χ3v) is 3.68. The summed E-state index contributed by atoms with van der Waals surface area (Å²) in [4.78, 5) is 19.3. The molecule has 0 fully saturated rings. The number of benzene rings is 1. The largest absolute Gasteiger partial charge is 0.459 e. The van der Waals surface area contributed by atoms with Gasteiger partial charge in [-0.15, -0.1) is 0 Å². The fraction of sp³-hybridized carbons (Fsp3) is 0.235. The minimum absolute atomic E-state index is 0.311. The van der Waals surface area contributed by atoms with Crippen LogP contribution in [-0.4, -0.2) is 17.7 Å². The fourth-order valence-corrected chi connectivity index (χ4v) is 2.67. The monoisotopic (exact) mass is 280 g/mol. The van der Waals surface area contributed by atoms with Crippen molar-refractivity contribution in [2.24, 2.45) is 4.99 Å².